The van der Waals surface area contributed by atoms with Crippen molar-refractivity contribution < 1.29 is 36.3 Å². The van der Waals surface area contributed by atoms with Gasteiger partial charge in [-0.15, -0.1) is 0 Å². The first-order valence-corrected chi connectivity index (χ1v) is 2.45. The molecule has 0 aliphatic rings. The zero-order valence-electron chi connectivity index (χ0n) is 2.51. The number of hydrogen-bond acceptors (Lipinski definition) is 4. The van der Waals surface area contributed by atoms with Crippen LogP contribution in [0.1, 0.15) is 0 Å². The molecule has 4 nitrogen and oxygen atoms in total. The summed E-state index contributed by atoms with van der Waals surface area (Å²) < 4.78 is 0. The molecule has 0 aliphatic heterocycles. The molecule has 0 heterocycles. The SMILES string of the molecule is [Mn+4].[O-][Si]([O-])([O-])[O-]. The van der Waals surface area contributed by atoms with Gasteiger partial charge in [-0.05, 0) is 0 Å². The second-order valence-corrected chi connectivity index (χ2v) is 1.50. The third-order valence-electron chi connectivity index (χ3n) is 0. The molecule has 6 heavy (non-hydrogen) atoms. The fraction of sp³-hybridized carbons (Fsp3) is 0. The van der Waals surface area contributed by atoms with E-state index in [4.69, 9.17) is 19.2 Å². The molecule has 1 radical (unpaired) electrons. The van der Waals surface area contributed by atoms with Crippen molar-refractivity contribution in [3.8, 4) is 0 Å². The molecule has 0 unspecified atom stereocenters. The van der Waals surface area contributed by atoms with E-state index in [0.29, 0.717) is 0 Å². The summed E-state index contributed by atoms with van der Waals surface area (Å²) in [7, 11) is -5.61. The monoisotopic (exact) mass is 147 g/mol. The van der Waals surface area contributed by atoms with Crippen molar-refractivity contribution in [2.24, 2.45) is 0 Å². The summed E-state index contributed by atoms with van der Waals surface area (Å²) in [5, 5.41) is 0. The van der Waals surface area contributed by atoms with Gasteiger partial charge in [-0.25, -0.2) is 0 Å². The molecule has 0 spiro atoms. The minimum Gasteiger partial charge on any atom is -0.894 e. The van der Waals surface area contributed by atoms with E-state index < -0.39 is 9.05 Å². The minimum absolute atomic E-state index is 0. The predicted octanol–water partition coefficient (Wildman–Crippen LogP) is -5.14. The van der Waals surface area contributed by atoms with Gasteiger partial charge in [0, 0.05) is 0 Å². The second kappa shape index (κ2) is 2.70. The van der Waals surface area contributed by atoms with Gasteiger partial charge < -0.3 is 28.2 Å². The molecule has 0 aliphatic carbocycles. The van der Waals surface area contributed by atoms with Gasteiger partial charge in [0.15, 0.2) is 0 Å². The molecule has 6 heteroatoms. The van der Waals surface area contributed by atoms with Crippen LogP contribution in [-0.4, -0.2) is 9.05 Å². The van der Waals surface area contributed by atoms with Crippen molar-refractivity contribution in [3.63, 3.8) is 0 Å². The normalized spacial score (nSPS) is 10.0. The first kappa shape index (κ1) is 9.76. The van der Waals surface area contributed by atoms with Crippen molar-refractivity contribution in [2.75, 3.05) is 0 Å². The number of rotatable bonds is 0. The quantitative estimate of drug-likeness (QED) is 0.320. The van der Waals surface area contributed by atoms with Crippen LogP contribution in [0.3, 0.4) is 0 Å². The Morgan fingerprint density at radius 2 is 0.833 bits per heavy atom. The van der Waals surface area contributed by atoms with Crippen LogP contribution >= 0.6 is 0 Å². The Bertz CT molecular complexity index is 23.0. The molecule has 35 valence electrons. The van der Waals surface area contributed by atoms with Gasteiger partial charge in [-0.1, -0.05) is 0 Å². The van der Waals surface area contributed by atoms with E-state index in [1.54, 1.807) is 0 Å². The van der Waals surface area contributed by atoms with Crippen LogP contribution in [0.25, 0.3) is 0 Å². The summed E-state index contributed by atoms with van der Waals surface area (Å²) >= 11 is 0. The third-order valence-corrected chi connectivity index (χ3v) is 0. The average Bonchev–Trinajstić information content (AvgIpc) is 0.722. The summed E-state index contributed by atoms with van der Waals surface area (Å²) in [5.74, 6) is 0. The third kappa shape index (κ3) is 176. The summed E-state index contributed by atoms with van der Waals surface area (Å²) in [6, 6.07) is 0. The Labute approximate surface area is 46.0 Å². The second-order valence-electron chi connectivity index (χ2n) is 0.500. The molecule has 0 aromatic rings. The van der Waals surface area contributed by atoms with Crippen LogP contribution < -0.4 is 19.2 Å². The predicted molar refractivity (Wildman–Crippen MR) is 5.75 cm³/mol. The summed E-state index contributed by atoms with van der Waals surface area (Å²) in [6.45, 7) is 0. The molecule has 0 rings (SSSR count). The van der Waals surface area contributed by atoms with Gasteiger partial charge >= 0.3 is 17.1 Å². The van der Waals surface area contributed by atoms with Crippen molar-refractivity contribution in [1.29, 1.82) is 0 Å². The Morgan fingerprint density at radius 3 is 0.833 bits per heavy atom. The molecule has 0 aromatic carbocycles. The molecule has 0 saturated carbocycles. The Kier molecular flexibility index (Phi) is 4.39. The van der Waals surface area contributed by atoms with E-state index in [0.717, 1.165) is 0 Å². The topological polar surface area (TPSA) is 92.2 Å². The summed E-state index contributed by atoms with van der Waals surface area (Å²) in [4.78, 5) is 34.3. The van der Waals surface area contributed by atoms with Crippen LogP contribution in [0.2, 0.25) is 0 Å². The molecule has 0 N–H and O–H groups in total. The van der Waals surface area contributed by atoms with Crippen LogP contribution in [0, 0.1) is 0 Å². The van der Waals surface area contributed by atoms with Crippen LogP contribution in [0.4, 0.5) is 0 Å². The van der Waals surface area contributed by atoms with Crippen LogP contribution in [0.15, 0.2) is 0 Å². The van der Waals surface area contributed by atoms with E-state index >= 15 is 0 Å². The first-order valence-electron chi connectivity index (χ1n) is 0.816. The first-order chi connectivity index (χ1) is 2.00. The summed E-state index contributed by atoms with van der Waals surface area (Å²) in [6.07, 6.45) is 0. The fourth-order valence-corrected chi connectivity index (χ4v) is 0. The largest absolute Gasteiger partial charge is 4.00 e. The van der Waals surface area contributed by atoms with E-state index in [2.05, 4.69) is 0 Å². The molecule has 0 saturated heterocycles. The Hall–Kier alpha value is 0.576. The Balaban J connectivity index is 0. The molecule has 0 atom stereocenters. The van der Waals surface area contributed by atoms with Gasteiger partial charge in [0.2, 0.25) is 0 Å². The molecule has 0 fully saturated rings. The number of hydrogen-bond donors (Lipinski definition) is 0. The minimum atomic E-state index is -5.61. The molecular weight excluding hydrogens is 147 g/mol. The molecule has 0 bridgehead atoms. The smallest absolute Gasteiger partial charge is 0.894 e. The van der Waals surface area contributed by atoms with Crippen molar-refractivity contribution in [2.45, 2.75) is 0 Å². The van der Waals surface area contributed by atoms with Gasteiger partial charge in [0.05, 0.1) is 0 Å². The van der Waals surface area contributed by atoms with E-state index in [1.165, 1.54) is 0 Å². The van der Waals surface area contributed by atoms with Gasteiger partial charge in [0.1, 0.15) is 0 Å². The zero-order valence-corrected chi connectivity index (χ0v) is 4.69. The molecular formula is MnO4Si. The van der Waals surface area contributed by atoms with Gasteiger partial charge in [-0.3, -0.25) is 0 Å². The molecule has 0 amide bonds. The van der Waals surface area contributed by atoms with E-state index in [1.807, 2.05) is 0 Å². The van der Waals surface area contributed by atoms with Gasteiger partial charge in [0.25, 0.3) is 0 Å². The maximum Gasteiger partial charge on any atom is 4.00 e. The van der Waals surface area contributed by atoms with Crippen molar-refractivity contribution in [1.82, 2.24) is 0 Å². The maximum absolute atomic E-state index is 8.58. The van der Waals surface area contributed by atoms with E-state index in [-0.39, 0.29) is 17.1 Å². The maximum atomic E-state index is 8.58. The Morgan fingerprint density at radius 1 is 0.833 bits per heavy atom. The van der Waals surface area contributed by atoms with Crippen LogP contribution in [-0.2, 0) is 17.1 Å². The standard InChI is InChI=1S/Mn.O4Si/c;1-5(2,3)4/q+4;-4. The fourth-order valence-electron chi connectivity index (χ4n) is 0. The summed E-state index contributed by atoms with van der Waals surface area (Å²) in [5.41, 5.74) is 0. The van der Waals surface area contributed by atoms with Crippen molar-refractivity contribution in [3.05, 3.63) is 0 Å². The van der Waals surface area contributed by atoms with Crippen molar-refractivity contribution >= 4 is 9.05 Å². The van der Waals surface area contributed by atoms with Crippen LogP contribution in [0.5, 0.6) is 0 Å². The van der Waals surface area contributed by atoms with Gasteiger partial charge in [-0.2, -0.15) is 0 Å². The van der Waals surface area contributed by atoms with E-state index in [9.17, 15) is 0 Å². The zero-order chi connectivity index (χ0) is 4.50. The molecule has 0 aromatic heterocycles. The average molecular weight is 147 g/mol.